The molecule has 0 saturated carbocycles. The summed E-state index contributed by atoms with van der Waals surface area (Å²) >= 11 is 6.88. The largest absolute Gasteiger partial charge is 0.298 e. The summed E-state index contributed by atoms with van der Waals surface area (Å²) in [6.45, 7) is 0. The summed E-state index contributed by atoms with van der Waals surface area (Å²) in [5.74, 6) is -1.87. The molecule has 27 heavy (non-hydrogen) atoms. The summed E-state index contributed by atoms with van der Waals surface area (Å²) in [6, 6.07) is 6.83. The number of nitrogens with one attached hydrogen (secondary N) is 1. The molecule has 0 aliphatic heterocycles. The molecule has 10 heteroatoms. The number of hydrogen-bond acceptors (Lipinski definition) is 5. The molecule has 0 atom stereocenters. The van der Waals surface area contributed by atoms with E-state index in [1.165, 1.54) is 17.5 Å². The van der Waals surface area contributed by atoms with Crippen LogP contribution in [0.5, 0.6) is 0 Å². The Hall–Kier alpha value is -2.36. The van der Waals surface area contributed by atoms with Gasteiger partial charge in [0, 0.05) is 22.8 Å². The van der Waals surface area contributed by atoms with Crippen molar-refractivity contribution in [2.75, 3.05) is 11.6 Å². The lowest BCUT2D eigenvalue weighted by atomic mass is 10.1. The molecule has 1 aromatic heterocycles. The van der Waals surface area contributed by atoms with E-state index in [0.29, 0.717) is 0 Å². The normalized spacial score (nSPS) is 11.4. The van der Waals surface area contributed by atoms with Gasteiger partial charge in [-0.05, 0) is 36.4 Å². The van der Waals surface area contributed by atoms with Crippen LogP contribution < -0.4 is 5.32 Å². The maximum absolute atomic E-state index is 13.8. The van der Waals surface area contributed by atoms with Gasteiger partial charge in [-0.1, -0.05) is 11.6 Å². The average Bonchev–Trinajstić information content (AvgIpc) is 3.04. The quantitative estimate of drug-likeness (QED) is 0.668. The third-order valence-electron chi connectivity index (χ3n) is 3.52. The fourth-order valence-corrected chi connectivity index (χ4v) is 4.25. The number of halogens is 3. The third kappa shape index (κ3) is 4.32. The molecule has 0 aliphatic carbocycles. The fraction of sp³-hybridized carbons (Fsp3) is 0.0588. The van der Waals surface area contributed by atoms with E-state index >= 15 is 0 Å². The van der Waals surface area contributed by atoms with Crippen molar-refractivity contribution in [2.24, 2.45) is 0 Å². The number of benzene rings is 2. The SMILES string of the molecule is CS(=O)(=O)c1cc(C(=O)Nc2nc(-c3cc(F)ccc3F)cs2)ccc1Cl. The second kappa shape index (κ2) is 7.34. The van der Waals surface area contributed by atoms with Gasteiger partial charge in [0.05, 0.1) is 15.6 Å². The van der Waals surface area contributed by atoms with E-state index in [1.807, 2.05) is 0 Å². The number of anilines is 1. The van der Waals surface area contributed by atoms with Gasteiger partial charge in [0.1, 0.15) is 11.6 Å². The van der Waals surface area contributed by atoms with Gasteiger partial charge in [-0.25, -0.2) is 22.2 Å². The fourth-order valence-electron chi connectivity index (χ4n) is 2.25. The van der Waals surface area contributed by atoms with Crippen molar-refractivity contribution in [3.63, 3.8) is 0 Å². The number of aromatic nitrogens is 1. The molecule has 0 radical (unpaired) electrons. The van der Waals surface area contributed by atoms with E-state index in [9.17, 15) is 22.0 Å². The highest BCUT2D eigenvalue weighted by Gasteiger charge is 2.17. The summed E-state index contributed by atoms with van der Waals surface area (Å²) in [7, 11) is -3.61. The second-order valence-corrected chi connectivity index (χ2v) is 8.78. The van der Waals surface area contributed by atoms with Crippen LogP contribution in [0.3, 0.4) is 0 Å². The van der Waals surface area contributed by atoms with Gasteiger partial charge in [-0.3, -0.25) is 10.1 Å². The Labute approximate surface area is 162 Å². The lowest BCUT2D eigenvalue weighted by molar-refractivity contribution is 0.102. The van der Waals surface area contributed by atoms with Crippen molar-refractivity contribution < 1.29 is 22.0 Å². The number of amides is 1. The van der Waals surface area contributed by atoms with E-state index in [2.05, 4.69) is 10.3 Å². The number of carbonyl (C=O) groups is 1. The monoisotopic (exact) mass is 428 g/mol. The minimum Gasteiger partial charge on any atom is -0.298 e. The molecular formula is C17H11ClF2N2O3S2. The number of nitrogens with zero attached hydrogens (tertiary/aromatic N) is 1. The van der Waals surface area contributed by atoms with Crippen molar-refractivity contribution >= 4 is 43.8 Å². The van der Waals surface area contributed by atoms with Crippen molar-refractivity contribution in [3.05, 3.63) is 64.0 Å². The number of carbonyl (C=O) groups excluding carboxylic acids is 1. The molecular weight excluding hydrogens is 418 g/mol. The number of thiazole rings is 1. The maximum atomic E-state index is 13.8. The van der Waals surface area contributed by atoms with Crippen LogP contribution in [-0.2, 0) is 9.84 Å². The van der Waals surface area contributed by atoms with Crippen LogP contribution in [0.1, 0.15) is 10.4 Å². The minimum absolute atomic E-state index is 0.00663. The van der Waals surface area contributed by atoms with Crippen LogP contribution >= 0.6 is 22.9 Å². The van der Waals surface area contributed by atoms with Gasteiger partial charge >= 0.3 is 0 Å². The molecule has 3 aromatic rings. The first kappa shape index (κ1) is 19.4. The molecule has 1 amide bonds. The van der Waals surface area contributed by atoms with E-state index in [0.717, 1.165) is 41.9 Å². The molecule has 0 aliphatic rings. The number of hydrogen-bond donors (Lipinski definition) is 1. The van der Waals surface area contributed by atoms with E-state index in [1.54, 1.807) is 0 Å². The zero-order chi connectivity index (χ0) is 19.8. The number of sulfone groups is 1. The molecule has 0 unspecified atom stereocenters. The lowest BCUT2D eigenvalue weighted by Gasteiger charge is -2.06. The topological polar surface area (TPSA) is 76.1 Å². The van der Waals surface area contributed by atoms with Crippen LogP contribution in [0.25, 0.3) is 11.3 Å². The van der Waals surface area contributed by atoms with Crippen molar-refractivity contribution in [1.29, 1.82) is 0 Å². The van der Waals surface area contributed by atoms with Gasteiger partial charge in [0.15, 0.2) is 15.0 Å². The molecule has 0 saturated heterocycles. The zero-order valence-corrected chi connectivity index (χ0v) is 16.1. The molecule has 0 bridgehead atoms. The summed E-state index contributed by atoms with van der Waals surface area (Å²) in [6.07, 6.45) is 0.983. The van der Waals surface area contributed by atoms with Gasteiger partial charge < -0.3 is 0 Å². The standard InChI is InChI=1S/C17H11ClF2N2O3S2/c1-27(24,25)15-6-9(2-4-12(15)18)16(23)22-17-21-14(8-26-17)11-7-10(19)3-5-13(11)20/h2-8H,1H3,(H,21,22,23). The van der Waals surface area contributed by atoms with Crippen molar-refractivity contribution in [3.8, 4) is 11.3 Å². The Morgan fingerprint density at radius 3 is 2.63 bits per heavy atom. The van der Waals surface area contributed by atoms with Crippen LogP contribution in [0, 0.1) is 11.6 Å². The average molecular weight is 429 g/mol. The molecule has 140 valence electrons. The highest BCUT2D eigenvalue weighted by atomic mass is 35.5. The molecule has 2 aromatic carbocycles. The van der Waals surface area contributed by atoms with E-state index in [-0.39, 0.29) is 31.9 Å². The van der Waals surface area contributed by atoms with Crippen LogP contribution in [-0.4, -0.2) is 25.6 Å². The van der Waals surface area contributed by atoms with Crippen LogP contribution in [0.15, 0.2) is 46.7 Å². The Morgan fingerprint density at radius 1 is 1.19 bits per heavy atom. The Kier molecular flexibility index (Phi) is 5.27. The molecule has 1 N–H and O–H groups in total. The van der Waals surface area contributed by atoms with Crippen molar-refractivity contribution in [1.82, 2.24) is 4.98 Å². The summed E-state index contributed by atoms with van der Waals surface area (Å²) < 4.78 is 50.6. The Morgan fingerprint density at radius 2 is 1.93 bits per heavy atom. The second-order valence-electron chi connectivity index (χ2n) is 5.53. The zero-order valence-electron chi connectivity index (χ0n) is 13.7. The first-order valence-corrected chi connectivity index (χ1v) is 10.5. The molecule has 3 rings (SSSR count). The van der Waals surface area contributed by atoms with Crippen LogP contribution in [0.2, 0.25) is 5.02 Å². The number of rotatable bonds is 4. The Bertz CT molecular complexity index is 1150. The van der Waals surface area contributed by atoms with Gasteiger partial charge in [0.2, 0.25) is 0 Å². The van der Waals surface area contributed by atoms with Gasteiger partial charge in [-0.15, -0.1) is 11.3 Å². The van der Waals surface area contributed by atoms with E-state index in [4.69, 9.17) is 11.6 Å². The lowest BCUT2D eigenvalue weighted by Crippen LogP contribution is -2.12. The summed E-state index contributed by atoms with van der Waals surface area (Å²) in [4.78, 5) is 16.3. The molecule has 0 spiro atoms. The van der Waals surface area contributed by atoms with Gasteiger partial charge in [0.25, 0.3) is 5.91 Å². The minimum atomic E-state index is -3.61. The van der Waals surface area contributed by atoms with E-state index < -0.39 is 27.4 Å². The highest BCUT2D eigenvalue weighted by Crippen LogP contribution is 2.28. The maximum Gasteiger partial charge on any atom is 0.257 e. The van der Waals surface area contributed by atoms with Crippen molar-refractivity contribution in [2.45, 2.75) is 4.90 Å². The summed E-state index contributed by atoms with van der Waals surface area (Å²) in [5.41, 5.74) is 0.200. The summed E-state index contributed by atoms with van der Waals surface area (Å²) in [5, 5.41) is 4.12. The smallest absolute Gasteiger partial charge is 0.257 e. The predicted octanol–water partition coefficient (Wildman–Crippen LogP) is 4.40. The molecule has 1 heterocycles. The Balaban J connectivity index is 1.86. The highest BCUT2D eigenvalue weighted by molar-refractivity contribution is 7.90. The van der Waals surface area contributed by atoms with Gasteiger partial charge in [-0.2, -0.15) is 0 Å². The molecule has 0 fully saturated rings. The third-order valence-corrected chi connectivity index (χ3v) is 5.86. The predicted molar refractivity (Wildman–Crippen MR) is 100.0 cm³/mol. The molecule has 5 nitrogen and oxygen atoms in total. The first-order valence-electron chi connectivity index (χ1n) is 7.37. The first-order chi connectivity index (χ1) is 12.6. The van der Waals surface area contributed by atoms with Crippen LogP contribution in [0.4, 0.5) is 13.9 Å².